The summed E-state index contributed by atoms with van der Waals surface area (Å²) in [4.78, 5) is 23.5. The highest BCUT2D eigenvalue weighted by atomic mass is 16.5. The average Bonchev–Trinajstić information content (AvgIpc) is 3.01. The van der Waals surface area contributed by atoms with Crippen molar-refractivity contribution in [3.05, 3.63) is 54.0 Å². The van der Waals surface area contributed by atoms with E-state index in [-0.39, 0.29) is 11.9 Å². The fourth-order valence-corrected chi connectivity index (χ4v) is 3.63. The molecule has 3 aromatic rings. The van der Waals surface area contributed by atoms with E-state index in [4.69, 9.17) is 4.74 Å². The minimum atomic E-state index is 0.00481. The van der Waals surface area contributed by atoms with Crippen molar-refractivity contribution < 1.29 is 9.53 Å². The van der Waals surface area contributed by atoms with Crippen LogP contribution in [-0.2, 0) is 7.05 Å². The van der Waals surface area contributed by atoms with Gasteiger partial charge in [-0.3, -0.25) is 4.79 Å². The van der Waals surface area contributed by atoms with Gasteiger partial charge in [0.25, 0.3) is 5.91 Å². The molecule has 0 atom stereocenters. The summed E-state index contributed by atoms with van der Waals surface area (Å²) in [5.41, 5.74) is 3.28. The lowest BCUT2D eigenvalue weighted by atomic mass is 9.75. The van der Waals surface area contributed by atoms with Crippen molar-refractivity contribution in [1.82, 2.24) is 19.4 Å². The number of rotatable bonds is 4. The number of ether oxygens (including phenoxy) is 1. The third-order valence-electron chi connectivity index (χ3n) is 5.38. The largest absolute Gasteiger partial charge is 0.497 e. The van der Waals surface area contributed by atoms with E-state index in [1.165, 1.54) is 5.56 Å². The van der Waals surface area contributed by atoms with Gasteiger partial charge in [-0.1, -0.05) is 12.1 Å². The van der Waals surface area contributed by atoms with Crippen molar-refractivity contribution in [1.29, 1.82) is 0 Å². The first kappa shape index (κ1) is 16.6. The minimum absolute atomic E-state index is 0.00481. The number of carbonyl (C=O) groups is 1. The van der Waals surface area contributed by atoms with Crippen LogP contribution in [-0.4, -0.2) is 45.5 Å². The Kier molecular flexibility index (Phi) is 4.11. The average molecular weight is 350 g/mol. The predicted molar refractivity (Wildman–Crippen MR) is 99.4 cm³/mol. The van der Waals surface area contributed by atoms with Crippen LogP contribution in [0.3, 0.4) is 0 Å². The van der Waals surface area contributed by atoms with Crippen LogP contribution >= 0.6 is 0 Å². The van der Waals surface area contributed by atoms with E-state index in [2.05, 4.69) is 22.1 Å². The van der Waals surface area contributed by atoms with E-state index in [1.54, 1.807) is 25.7 Å². The molecule has 1 aromatic carbocycles. The molecular weight excluding hydrogens is 328 g/mol. The van der Waals surface area contributed by atoms with Crippen molar-refractivity contribution in [2.24, 2.45) is 7.05 Å². The zero-order valence-electron chi connectivity index (χ0n) is 15.2. The molecule has 26 heavy (non-hydrogen) atoms. The smallest absolute Gasteiger partial charge is 0.256 e. The van der Waals surface area contributed by atoms with Gasteiger partial charge in [-0.15, -0.1) is 0 Å². The zero-order valence-corrected chi connectivity index (χ0v) is 15.2. The van der Waals surface area contributed by atoms with Gasteiger partial charge < -0.3 is 14.2 Å². The Labute approximate surface area is 152 Å². The van der Waals surface area contributed by atoms with Gasteiger partial charge in [0.1, 0.15) is 11.3 Å². The second-order valence-corrected chi connectivity index (χ2v) is 6.90. The quantitative estimate of drug-likeness (QED) is 0.726. The molecule has 6 heteroatoms. The monoisotopic (exact) mass is 350 g/mol. The normalized spacial score (nSPS) is 19.2. The molecule has 2 heterocycles. The van der Waals surface area contributed by atoms with Crippen LogP contribution in [0, 0.1) is 0 Å². The van der Waals surface area contributed by atoms with Crippen LogP contribution in [0.4, 0.5) is 0 Å². The molecule has 134 valence electrons. The number of hydrogen-bond donors (Lipinski definition) is 0. The van der Waals surface area contributed by atoms with Gasteiger partial charge in [0, 0.05) is 26.3 Å². The van der Waals surface area contributed by atoms with E-state index in [9.17, 15) is 4.79 Å². The van der Waals surface area contributed by atoms with E-state index >= 15 is 0 Å². The summed E-state index contributed by atoms with van der Waals surface area (Å²) in [6.45, 7) is 0. The number of aryl methyl sites for hydroxylation is 1. The Balaban J connectivity index is 1.48. The van der Waals surface area contributed by atoms with Gasteiger partial charge in [-0.25, -0.2) is 9.97 Å². The summed E-state index contributed by atoms with van der Waals surface area (Å²) in [7, 11) is 5.44. The highest BCUT2D eigenvalue weighted by Gasteiger charge is 2.36. The lowest BCUT2D eigenvalue weighted by molar-refractivity contribution is 0.0622. The molecule has 0 N–H and O–H groups in total. The summed E-state index contributed by atoms with van der Waals surface area (Å²) in [6, 6.07) is 10.2. The third-order valence-corrected chi connectivity index (χ3v) is 5.38. The molecule has 0 saturated heterocycles. The Morgan fingerprint density at radius 3 is 2.85 bits per heavy atom. The third kappa shape index (κ3) is 2.71. The van der Waals surface area contributed by atoms with Gasteiger partial charge in [-0.05, 0) is 42.5 Å². The van der Waals surface area contributed by atoms with Crippen molar-refractivity contribution >= 4 is 17.1 Å². The highest BCUT2D eigenvalue weighted by Crippen LogP contribution is 2.40. The number of nitrogens with zero attached hydrogens (tertiary/aromatic N) is 4. The topological polar surface area (TPSA) is 60.2 Å². The number of methoxy groups -OCH3 is 1. The maximum Gasteiger partial charge on any atom is 0.256 e. The van der Waals surface area contributed by atoms with Gasteiger partial charge >= 0.3 is 0 Å². The molecule has 1 aliphatic rings. The minimum Gasteiger partial charge on any atom is -0.497 e. The summed E-state index contributed by atoms with van der Waals surface area (Å²) < 4.78 is 7.14. The van der Waals surface area contributed by atoms with Crippen molar-refractivity contribution in [3.8, 4) is 5.75 Å². The van der Waals surface area contributed by atoms with Crippen molar-refractivity contribution in [2.75, 3.05) is 14.2 Å². The molecule has 0 unspecified atom stereocenters. The Morgan fingerprint density at radius 1 is 1.27 bits per heavy atom. The Morgan fingerprint density at radius 2 is 2.08 bits per heavy atom. The van der Waals surface area contributed by atoms with Crippen LogP contribution in [0.25, 0.3) is 11.2 Å². The fourth-order valence-electron chi connectivity index (χ4n) is 3.63. The number of imidazole rings is 1. The molecule has 0 radical (unpaired) electrons. The van der Waals surface area contributed by atoms with Crippen molar-refractivity contribution in [2.45, 2.75) is 24.8 Å². The van der Waals surface area contributed by atoms with Crippen LogP contribution in [0.5, 0.6) is 5.75 Å². The van der Waals surface area contributed by atoms with E-state index < -0.39 is 0 Å². The summed E-state index contributed by atoms with van der Waals surface area (Å²) >= 11 is 0. The standard InChI is InChI=1S/C20H22N4O2/c1-23-12-22-18-17(7-8-21-19(18)23)20(25)24(2)15-9-14(10-15)13-5-4-6-16(11-13)26-3/h4-8,11-12,14-15H,9-10H2,1-3H3. The first-order valence-electron chi connectivity index (χ1n) is 8.75. The molecule has 1 fully saturated rings. The number of carbonyl (C=O) groups excluding carboxylic acids is 1. The lowest BCUT2D eigenvalue weighted by Crippen LogP contribution is -2.44. The predicted octanol–water partition coefficient (Wildman–Crippen LogP) is 3.00. The number of fused-ring (bicyclic) bond motifs is 1. The first-order valence-corrected chi connectivity index (χ1v) is 8.75. The highest BCUT2D eigenvalue weighted by molar-refractivity contribution is 6.04. The van der Waals surface area contributed by atoms with E-state index in [1.807, 2.05) is 35.7 Å². The molecule has 0 aliphatic heterocycles. The second kappa shape index (κ2) is 6.44. The lowest BCUT2D eigenvalue weighted by Gasteiger charge is -2.41. The van der Waals surface area contributed by atoms with Gasteiger partial charge in [-0.2, -0.15) is 0 Å². The molecule has 0 spiro atoms. The molecule has 6 nitrogen and oxygen atoms in total. The summed E-state index contributed by atoms with van der Waals surface area (Å²) in [5.74, 6) is 1.35. The Bertz CT molecular complexity index is 959. The molecule has 0 bridgehead atoms. The molecule has 2 aromatic heterocycles. The SMILES string of the molecule is COc1cccc(C2CC(N(C)C(=O)c3ccnc4c3ncn4C)C2)c1. The molecule has 1 saturated carbocycles. The number of benzene rings is 1. The van der Waals surface area contributed by atoms with Crippen LogP contribution in [0.2, 0.25) is 0 Å². The number of hydrogen-bond acceptors (Lipinski definition) is 4. The number of pyridine rings is 1. The summed E-state index contributed by atoms with van der Waals surface area (Å²) in [5, 5.41) is 0. The Hall–Kier alpha value is -2.89. The zero-order chi connectivity index (χ0) is 18.3. The first-order chi connectivity index (χ1) is 12.6. The van der Waals surface area contributed by atoms with Gasteiger partial charge in [0.15, 0.2) is 5.65 Å². The maximum atomic E-state index is 13.0. The maximum absolute atomic E-state index is 13.0. The van der Waals surface area contributed by atoms with Crippen LogP contribution in [0.1, 0.15) is 34.7 Å². The van der Waals surface area contributed by atoms with Crippen LogP contribution in [0.15, 0.2) is 42.9 Å². The van der Waals surface area contributed by atoms with Gasteiger partial charge in [0.05, 0.1) is 19.0 Å². The van der Waals surface area contributed by atoms with Gasteiger partial charge in [0.2, 0.25) is 0 Å². The summed E-state index contributed by atoms with van der Waals surface area (Å²) in [6.07, 6.45) is 5.29. The second-order valence-electron chi connectivity index (χ2n) is 6.90. The van der Waals surface area contributed by atoms with E-state index in [0.29, 0.717) is 17.0 Å². The number of aromatic nitrogens is 3. The molecule has 4 rings (SSSR count). The number of amides is 1. The molecule has 1 amide bonds. The molecular formula is C20H22N4O2. The van der Waals surface area contributed by atoms with E-state index in [0.717, 1.165) is 24.2 Å². The molecule has 1 aliphatic carbocycles. The van der Waals surface area contributed by atoms with Crippen molar-refractivity contribution in [3.63, 3.8) is 0 Å². The van der Waals surface area contributed by atoms with Crippen LogP contribution < -0.4 is 4.74 Å². The fraction of sp³-hybridized carbons (Fsp3) is 0.350.